The lowest BCUT2D eigenvalue weighted by Crippen LogP contribution is -2.46. The van der Waals surface area contributed by atoms with Crippen molar-refractivity contribution in [1.29, 1.82) is 0 Å². The molecule has 0 unspecified atom stereocenters. The highest BCUT2D eigenvalue weighted by atomic mass is 16.5. The second-order valence-corrected chi connectivity index (χ2v) is 15.0. The summed E-state index contributed by atoms with van der Waals surface area (Å²) in [6.07, 6.45) is 19.8. The van der Waals surface area contributed by atoms with Crippen LogP contribution >= 0.6 is 0 Å². The van der Waals surface area contributed by atoms with Crippen molar-refractivity contribution in [3.8, 4) is 11.5 Å². The van der Waals surface area contributed by atoms with Crippen LogP contribution in [0.4, 0.5) is 5.69 Å². The standard InChI is InChI=1S/C43H60N2O3/c1-9-10-11-12-14-33(27-32(3)36-28-39(34-15-13-16-34)41(47-8)40(29-36)46-7)30-45(37-21-17-31(2)18-22-37)38-23-25-44(26-24-38)42(35-19-20-35)48-43(4,5)6/h11-12,14,17-18,21-22,27-29,34,38H,9-10,13,15-16,19-20,23-26,30H2,1-8H3/b12-11-,32-27+,33-14+. The van der Waals surface area contributed by atoms with Crippen molar-refractivity contribution >= 4 is 11.3 Å². The highest BCUT2D eigenvalue weighted by molar-refractivity contribution is 5.71. The van der Waals surface area contributed by atoms with E-state index in [1.54, 1.807) is 14.2 Å². The minimum Gasteiger partial charge on any atom is -0.493 e. The van der Waals surface area contributed by atoms with Gasteiger partial charge in [0.05, 0.1) is 14.2 Å². The molecule has 0 aromatic heterocycles. The van der Waals surface area contributed by atoms with E-state index in [1.807, 2.05) is 0 Å². The number of piperidine rings is 1. The van der Waals surface area contributed by atoms with Crippen LogP contribution < -0.4 is 14.4 Å². The third-order valence-corrected chi connectivity index (χ3v) is 9.93. The van der Waals surface area contributed by atoms with Gasteiger partial charge in [0.15, 0.2) is 17.4 Å². The summed E-state index contributed by atoms with van der Waals surface area (Å²) < 4.78 is 18.3. The summed E-state index contributed by atoms with van der Waals surface area (Å²) in [7, 11) is 3.51. The second kappa shape index (κ2) is 16.2. The summed E-state index contributed by atoms with van der Waals surface area (Å²) >= 11 is 0. The number of methoxy groups -OCH3 is 2. The summed E-state index contributed by atoms with van der Waals surface area (Å²) in [5.41, 5.74) is 8.91. The van der Waals surface area contributed by atoms with Crippen molar-refractivity contribution in [2.75, 3.05) is 38.8 Å². The molecule has 2 aromatic rings. The fourth-order valence-corrected chi connectivity index (χ4v) is 6.88. The maximum absolute atomic E-state index is 6.52. The molecule has 2 saturated carbocycles. The first kappa shape index (κ1) is 35.7. The SMILES string of the molecule is CCC\C=C/C=C(\C=C(/C)c1cc(OC)c(OC)c(C2CCC2)c1)CN(c1ccc(C)cc1)C1CCN(C(OC(C)(C)C)=C2CC2)CC1. The normalized spacial score (nSPS) is 17.8. The summed E-state index contributed by atoms with van der Waals surface area (Å²) in [6.45, 7) is 16.0. The molecule has 48 heavy (non-hydrogen) atoms. The van der Waals surface area contributed by atoms with Crippen molar-refractivity contribution in [3.05, 3.63) is 94.4 Å². The molecule has 0 N–H and O–H groups in total. The van der Waals surface area contributed by atoms with E-state index < -0.39 is 0 Å². The molecule has 0 bridgehead atoms. The topological polar surface area (TPSA) is 34.2 Å². The Hall–Kier alpha value is -3.60. The van der Waals surface area contributed by atoms with Gasteiger partial charge in [-0.3, -0.25) is 0 Å². The number of allylic oxidation sites excluding steroid dienone is 5. The van der Waals surface area contributed by atoms with E-state index in [0.717, 1.165) is 62.7 Å². The third kappa shape index (κ3) is 9.30. The molecule has 0 radical (unpaired) electrons. The van der Waals surface area contributed by atoms with Gasteiger partial charge in [0.2, 0.25) is 0 Å². The molecule has 0 atom stereocenters. The minimum atomic E-state index is -0.183. The molecular formula is C43H60N2O3. The van der Waals surface area contributed by atoms with Crippen molar-refractivity contribution in [1.82, 2.24) is 4.90 Å². The first-order chi connectivity index (χ1) is 23.1. The monoisotopic (exact) mass is 652 g/mol. The zero-order chi connectivity index (χ0) is 34.3. The predicted molar refractivity (Wildman–Crippen MR) is 202 cm³/mol. The fourth-order valence-electron chi connectivity index (χ4n) is 6.88. The molecule has 2 aromatic carbocycles. The molecule has 0 amide bonds. The van der Waals surface area contributed by atoms with Gasteiger partial charge in [0, 0.05) is 36.9 Å². The van der Waals surface area contributed by atoms with Gasteiger partial charge in [-0.25, -0.2) is 0 Å². The Labute approximate surface area is 291 Å². The minimum absolute atomic E-state index is 0.183. The van der Waals surface area contributed by atoms with Gasteiger partial charge in [0.1, 0.15) is 5.60 Å². The Kier molecular flexibility index (Phi) is 12.0. The maximum atomic E-state index is 6.52. The fraction of sp³-hybridized carbons (Fsp3) is 0.535. The number of unbranched alkanes of at least 4 members (excludes halogenated alkanes) is 1. The van der Waals surface area contributed by atoms with Gasteiger partial charge >= 0.3 is 0 Å². The molecule has 5 heteroatoms. The third-order valence-electron chi connectivity index (χ3n) is 9.93. The van der Waals surface area contributed by atoms with E-state index in [1.165, 1.54) is 71.2 Å². The molecule has 3 aliphatic rings. The highest BCUT2D eigenvalue weighted by Gasteiger charge is 2.32. The number of aryl methyl sites for hydroxylation is 1. The smallest absolute Gasteiger partial charge is 0.188 e. The van der Waals surface area contributed by atoms with Crippen LogP contribution in [0.5, 0.6) is 11.5 Å². The zero-order valence-electron chi connectivity index (χ0n) is 31.0. The lowest BCUT2D eigenvalue weighted by Gasteiger charge is -2.42. The van der Waals surface area contributed by atoms with Gasteiger partial charge in [-0.15, -0.1) is 0 Å². The van der Waals surface area contributed by atoms with Crippen LogP contribution in [-0.4, -0.2) is 50.4 Å². The first-order valence-electron chi connectivity index (χ1n) is 18.4. The molecule has 5 rings (SSSR count). The van der Waals surface area contributed by atoms with Crippen LogP contribution in [-0.2, 0) is 4.74 Å². The number of likely N-dealkylation sites (tertiary alicyclic amines) is 1. The largest absolute Gasteiger partial charge is 0.493 e. The Morgan fingerprint density at radius 1 is 0.979 bits per heavy atom. The van der Waals surface area contributed by atoms with Crippen molar-refractivity contribution in [2.45, 2.75) is 117 Å². The molecular weight excluding hydrogens is 592 g/mol. The number of benzene rings is 2. The van der Waals surface area contributed by atoms with E-state index in [2.05, 4.69) is 112 Å². The van der Waals surface area contributed by atoms with Crippen LogP contribution in [0.15, 0.2) is 77.7 Å². The number of ether oxygens (including phenoxy) is 3. The molecule has 1 heterocycles. The van der Waals surface area contributed by atoms with E-state index in [9.17, 15) is 0 Å². The summed E-state index contributed by atoms with van der Waals surface area (Å²) in [4.78, 5) is 5.17. The van der Waals surface area contributed by atoms with Crippen LogP contribution in [0.25, 0.3) is 5.57 Å². The number of anilines is 1. The quantitative estimate of drug-likeness (QED) is 0.150. The molecule has 1 aliphatic heterocycles. The van der Waals surface area contributed by atoms with E-state index in [4.69, 9.17) is 14.2 Å². The molecule has 3 fully saturated rings. The number of rotatable bonds is 14. The van der Waals surface area contributed by atoms with Gasteiger partial charge in [0.25, 0.3) is 0 Å². The van der Waals surface area contributed by atoms with Gasteiger partial charge < -0.3 is 24.0 Å². The van der Waals surface area contributed by atoms with Gasteiger partial charge in [-0.2, -0.15) is 0 Å². The molecule has 2 aliphatic carbocycles. The average Bonchev–Trinajstić information content (AvgIpc) is 3.89. The Bertz CT molecular complexity index is 1490. The average molecular weight is 653 g/mol. The second-order valence-electron chi connectivity index (χ2n) is 15.0. The Morgan fingerprint density at radius 3 is 2.25 bits per heavy atom. The van der Waals surface area contributed by atoms with Crippen molar-refractivity contribution < 1.29 is 14.2 Å². The zero-order valence-corrected chi connectivity index (χ0v) is 31.0. The number of hydrogen-bond acceptors (Lipinski definition) is 5. The molecule has 0 spiro atoms. The molecule has 1 saturated heterocycles. The Balaban J connectivity index is 1.44. The predicted octanol–water partition coefficient (Wildman–Crippen LogP) is 10.8. The van der Waals surface area contributed by atoms with Crippen molar-refractivity contribution in [2.24, 2.45) is 0 Å². The summed E-state index contributed by atoms with van der Waals surface area (Å²) in [5.74, 6) is 3.41. The van der Waals surface area contributed by atoms with Crippen molar-refractivity contribution in [3.63, 3.8) is 0 Å². The van der Waals surface area contributed by atoms with Crippen LogP contribution in [0.1, 0.15) is 115 Å². The number of nitrogens with zero attached hydrogens (tertiary/aromatic N) is 2. The summed E-state index contributed by atoms with van der Waals surface area (Å²) in [5, 5.41) is 0. The Morgan fingerprint density at radius 2 is 1.69 bits per heavy atom. The van der Waals surface area contributed by atoms with Gasteiger partial charge in [-0.1, -0.05) is 61.8 Å². The summed E-state index contributed by atoms with van der Waals surface area (Å²) in [6, 6.07) is 14.1. The first-order valence-corrected chi connectivity index (χ1v) is 18.4. The number of hydrogen-bond donors (Lipinski definition) is 0. The van der Waals surface area contributed by atoms with E-state index in [0.29, 0.717) is 12.0 Å². The van der Waals surface area contributed by atoms with Crippen LogP contribution in [0.2, 0.25) is 0 Å². The maximum Gasteiger partial charge on any atom is 0.188 e. The van der Waals surface area contributed by atoms with Crippen LogP contribution in [0, 0.1) is 6.92 Å². The van der Waals surface area contributed by atoms with E-state index in [-0.39, 0.29) is 5.60 Å². The lowest BCUT2D eigenvalue weighted by molar-refractivity contribution is -0.00533. The van der Waals surface area contributed by atoms with Gasteiger partial charge in [-0.05, 0) is 132 Å². The lowest BCUT2D eigenvalue weighted by atomic mass is 9.78. The van der Waals surface area contributed by atoms with Crippen LogP contribution in [0.3, 0.4) is 0 Å². The molecule has 5 nitrogen and oxygen atoms in total. The van der Waals surface area contributed by atoms with E-state index >= 15 is 0 Å². The molecule has 260 valence electrons. The highest BCUT2D eigenvalue weighted by Crippen LogP contribution is 2.46.